The van der Waals surface area contributed by atoms with Crippen LogP contribution in [0, 0.1) is 6.92 Å². The third kappa shape index (κ3) is 3.44. The van der Waals surface area contributed by atoms with Gasteiger partial charge < -0.3 is 5.32 Å². The average molecular weight is 393 g/mol. The summed E-state index contributed by atoms with van der Waals surface area (Å²) >= 11 is 6.00. The Hall–Kier alpha value is -2.05. The summed E-state index contributed by atoms with van der Waals surface area (Å²) in [6.45, 7) is 5.40. The first-order valence-corrected chi connectivity index (χ1v) is 10.4. The van der Waals surface area contributed by atoms with Gasteiger partial charge in [0.1, 0.15) is 0 Å². The molecule has 0 aromatic heterocycles. The SMILES string of the molecule is CCS(=O)(=O)N1c2ccc(C(=O)Nc3cc(Cl)ccc3C)cc2C[C@@H]1C. The molecule has 1 N–H and O–H groups in total. The van der Waals surface area contributed by atoms with Gasteiger partial charge in [-0.3, -0.25) is 9.10 Å². The molecule has 7 heteroatoms. The highest BCUT2D eigenvalue weighted by Crippen LogP contribution is 2.35. The minimum atomic E-state index is -3.33. The van der Waals surface area contributed by atoms with Gasteiger partial charge in [-0.05, 0) is 68.7 Å². The lowest BCUT2D eigenvalue weighted by molar-refractivity contribution is 0.102. The molecule has 5 nitrogen and oxygen atoms in total. The molecule has 0 aliphatic carbocycles. The van der Waals surface area contributed by atoms with Gasteiger partial charge in [0, 0.05) is 22.3 Å². The summed E-state index contributed by atoms with van der Waals surface area (Å²) in [6.07, 6.45) is 0.589. The number of anilines is 2. The van der Waals surface area contributed by atoms with E-state index in [0.29, 0.717) is 28.4 Å². The number of nitrogens with zero attached hydrogens (tertiary/aromatic N) is 1. The van der Waals surface area contributed by atoms with E-state index in [9.17, 15) is 13.2 Å². The number of carbonyl (C=O) groups is 1. The lowest BCUT2D eigenvalue weighted by atomic mass is 10.1. The zero-order valence-corrected chi connectivity index (χ0v) is 16.5. The van der Waals surface area contributed by atoms with Crippen molar-refractivity contribution >= 4 is 38.9 Å². The highest BCUT2D eigenvalue weighted by atomic mass is 35.5. The maximum absolute atomic E-state index is 12.6. The van der Waals surface area contributed by atoms with E-state index in [-0.39, 0.29) is 17.7 Å². The van der Waals surface area contributed by atoms with E-state index in [1.165, 1.54) is 4.31 Å². The summed E-state index contributed by atoms with van der Waals surface area (Å²) in [5, 5.41) is 3.42. The quantitative estimate of drug-likeness (QED) is 0.855. The maximum Gasteiger partial charge on any atom is 0.255 e. The average Bonchev–Trinajstić information content (AvgIpc) is 2.93. The molecule has 2 aromatic rings. The molecule has 1 heterocycles. The largest absolute Gasteiger partial charge is 0.322 e. The lowest BCUT2D eigenvalue weighted by Crippen LogP contribution is -2.36. The second kappa shape index (κ2) is 6.93. The van der Waals surface area contributed by atoms with Gasteiger partial charge in [-0.25, -0.2) is 8.42 Å². The fourth-order valence-corrected chi connectivity index (χ4v) is 4.78. The summed E-state index contributed by atoms with van der Waals surface area (Å²) in [6, 6.07) is 10.3. The first-order valence-electron chi connectivity index (χ1n) is 8.45. The molecule has 1 aliphatic rings. The fourth-order valence-electron chi connectivity index (χ4n) is 3.23. The van der Waals surface area contributed by atoms with Crippen molar-refractivity contribution in [2.75, 3.05) is 15.4 Å². The second-order valence-electron chi connectivity index (χ2n) is 6.51. The monoisotopic (exact) mass is 392 g/mol. The summed E-state index contributed by atoms with van der Waals surface area (Å²) in [4.78, 5) is 12.6. The van der Waals surface area contributed by atoms with Crippen molar-refractivity contribution in [3.63, 3.8) is 0 Å². The number of nitrogens with one attached hydrogen (secondary N) is 1. The van der Waals surface area contributed by atoms with Crippen LogP contribution in [0.1, 0.15) is 35.3 Å². The number of halogens is 1. The van der Waals surface area contributed by atoms with Crippen LogP contribution < -0.4 is 9.62 Å². The minimum Gasteiger partial charge on any atom is -0.322 e. The van der Waals surface area contributed by atoms with Gasteiger partial charge in [-0.1, -0.05) is 17.7 Å². The van der Waals surface area contributed by atoms with E-state index in [0.717, 1.165) is 11.1 Å². The normalized spacial score (nSPS) is 16.5. The first-order chi connectivity index (χ1) is 12.2. The predicted octanol–water partition coefficient (Wildman–Crippen LogP) is 4.00. The molecule has 1 aliphatic heterocycles. The van der Waals surface area contributed by atoms with Crippen LogP contribution in [0.5, 0.6) is 0 Å². The van der Waals surface area contributed by atoms with Crippen molar-refractivity contribution < 1.29 is 13.2 Å². The number of hydrogen-bond acceptors (Lipinski definition) is 3. The Morgan fingerprint density at radius 1 is 1.27 bits per heavy atom. The molecule has 0 bridgehead atoms. The van der Waals surface area contributed by atoms with E-state index in [1.807, 2.05) is 19.9 Å². The molecule has 0 radical (unpaired) electrons. The summed E-state index contributed by atoms with van der Waals surface area (Å²) in [5.41, 5.74) is 3.59. The molecule has 1 atom stereocenters. The van der Waals surface area contributed by atoms with E-state index < -0.39 is 10.0 Å². The van der Waals surface area contributed by atoms with Gasteiger partial charge in [0.05, 0.1) is 11.4 Å². The summed E-state index contributed by atoms with van der Waals surface area (Å²) < 4.78 is 26.1. The maximum atomic E-state index is 12.6. The lowest BCUT2D eigenvalue weighted by Gasteiger charge is -2.23. The molecule has 138 valence electrons. The number of fused-ring (bicyclic) bond motifs is 1. The molecule has 0 spiro atoms. The molecule has 26 heavy (non-hydrogen) atoms. The van der Waals surface area contributed by atoms with E-state index in [4.69, 9.17) is 11.6 Å². The Bertz CT molecular complexity index is 973. The molecular weight excluding hydrogens is 372 g/mol. The van der Waals surface area contributed by atoms with Crippen LogP contribution in [0.15, 0.2) is 36.4 Å². The summed E-state index contributed by atoms with van der Waals surface area (Å²) in [5.74, 6) is -0.199. The van der Waals surface area contributed by atoms with E-state index in [1.54, 1.807) is 37.3 Å². The molecule has 0 saturated heterocycles. The Balaban J connectivity index is 1.89. The standard InChI is InChI=1S/C19H21ClN2O3S/c1-4-26(24,25)22-13(3)9-15-10-14(6-8-18(15)22)19(23)21-17-11-16(20)7-5-12(17)2/h5-8,10-11,13H,4,9H2,1-3H3,(H,21,23)/t13-/m0/s1. The van der Waals surface area contributed by atoms with Crippen LogP contribution in [0.2, 0.25) is 5.02 Å². The number of benzene rings is 2. The highest BCUT2D eigenvalue weighted by Gasteiger charge is 2.34. The Labute approximate surface area is 159 Å². The number of hydrogen-bond donors (Lipinski definition) is 1. The summed E-state index contributed by atoms with van der Waals surface area (Å²) in [7, 11) is -3.33. The molecular formula is C19H21ClN2O3S. The van der Waals surface area contributed by atoms with Gasteiger partial charge >= 0.3 is 0 Å². The molecule has 0 fully saturated rings. The molecule has 3 rings (SSSR count). The van der Waals surface area contributed by atoms with Gasteiger partial charge in [-0.15, -0.1) is 0 Å². The van der Waals surface area contributed by atoms with Gasteiger partial charge in [-0.2, -0.15) is 0 Å². The number of rotatable bonds is 4. The van der Waals surface area contributed by atoms with Crippen molar-refractivity contribution in [1.29, 1.82) is 0 Å². The Morgan fingerprint density at radius 3 is 2.69 bits per heavy atom. The smallest absolute Gasteiger partial charge is 0.255 e. The van der Waals surface area contributed by atoms with Crippen LogP contribution in [-0.2, 0) is 16.4 Å². The third-order valence-corrected chi connectivity index (χ3v) is 6.73. The number of sulfonamides is 1. The van der Waals surface area contributed by atoms with Crippen LogP contribution >= 0.6 is 11.6 Å². The van der Waals surface area contributed by atoms with Crippen LogP contribution in [-0.4, -0.2) is 26.1 Å². The molecule has 1 amide bonds. The van der Waals surface area contributed by atoms with Crippen LogP contribution in [0.4, 0.5) is 11.4 Å². The number of carbonyl (C=O) groups excluding carboxylic acids is 1. The third-order valence-electron chi connectivity index (χ3n) is 4.61. The number of amides is 1. The van der Waals surface area contributed by atoms with Gasteiger partial charge in [0.25, 0.3) is 5.91 Å². The Kier molecular flexibility index (Phi) is 4.99. The first kappa shape index (κ1) is 18.7. The molecule has 2 aromatic carbocycles. The van der Waals surface area contributed by atoms with Crippen LogP contribution in [0.3, 0.4) is 0 Å². The zero-order valence-electron chi connectivity index (χ0n) is 14.9. The topological polar surface area (TPSA) is 66.5 Å². The van der Waals surface area contributed by atoms with Gasteiger partial charge in [0.15, 0.2) is 0 Å². The molecule has 0 saturated carbocycles. The second-order valence-corrected chi connectivity index (χ2v) is 9.08. The van der Waals surface area contributed by atoms with Crippen molar-refractivity contribution in [1.82, 2.24) is 0 Å². The highest BCUT2D eigenvalue weighted by molar-refractivity contribution is 7.92. The number of aryl methyl sites for hydroxylation is 1. The van der Waals surface area contributed by atoms with E-state index >= 15 is 0 Å². The van der Waals surface area contributed by atoms with Crippen molar-refractivity contribution in [2.45, 2.75) is 33.2 Å². The Morgan fingerprint density at radius 2 is 2.00 bits per heavy atom. The zero-order chi connectivity index (χ0) is 19.1. The minimum absolute atomic E-state index is 0.0487. The molecule has 0 unspecified atom stereocenters. The van der Waals surface area contributed by atoms with Crippen molar-refractivity contribution in [3.8, 4) is 0 Å². The van der Waals surface area contributed by atoms with Crippen LogP contribution in [0.25, 0.3) is 0 Å². The van der Waals surface area contributed by atoms with Crippen molar-refractivity contribution in [3.05, 3.63) is 58.1 Å². The van der Waals surface area contributed by atoms with E-state index in [2.05, 4.69) is 5.32 Å². The predicted molar refractivity (Wildman–Crippen MR) is 106 cm³/mol. The van der Waals surface area contributed by atoms with Crippen molar-refractivity contribution in [2.24, 2.45) is 0 Å². The fraction of sp³-hybridized carbons (Fsp3) is 0.316. The van der Waals surface area contributed by atoms with Gasteiger partial charge in [0.2, 0.25) is 10.0 Å².